The van der Waals surface area contributed by atoms with Crippen molar-refractivity contribution >= 4 is 27.3 Å². The number of rotatable bonds is 3. The highest BCUT2D eigenvalue weighted by Crippen LogP contribution is 2.30. The Morgan fingerprint density at radius 3 is 2.76 bits per heavy atom. The second-order valence-corrected chi connectivity index (χ2v) is 9.28. The molecule has 0 bridgehead atoms. The van der Waals surface area contributed by atoms with Crippen LogP contribution >= 0.6 is 27.3 Å². The van der Waals surface area contributed by atoms with Gasteiger partial charge in [-0.3, -0.25) is 4.90 Å². The lowest BCUT2D eigenvalue weighted by atomic mass is 9.83. The third-order valence-electron chi connectivity index (χ3n) is 5.23. The van der Waals surface area contributed by atoms with Gasteiger partial charge in [-0.15, -0.1) is 11.3 Å². The average molecular weight is 371 g/mol. The van der Waals surface area contributed by atoms with Crippen molar-refractivity contribution in [1.29, 1.82) is 0 Å². The average Bonchev–Trinajstić information content (AvgIpc) is 2.81. The van der Waals surface area contributed by atoms with E-state index in [1.807, 2.05) is 11.3 Å². The summed E-state index contributed by atoms with van der Waals surface area (Å²) in [5.74, 6) is 0.904. The minimum absolute atomic E-state index is 0.687. The molecule has 0 spiro atoms. The van der Waals surface area contributed by atoms with Gasteiger partial charge in [0.25, 0.3) is 0 Å². The van der Waals surface area contributed by atoms with Crippen molar-refractivity contribution in [1.82, 2.24) is 10.2 Å². The first-order valence-electron chi connectivity index (χ1n) is 8.44. The van der Waals surface area contributed by atoms with Gasteiger partial charge >= 0.3 is 0 Å². The van der Waals surface area contributed by atoms with Crippen LogP contribution in [0, 0.1) is 5.92 Å². The van der Waals surface area contributed by atoms with Crippen molar-refractivity contribution in [3.63, 3.8) is 0 Å². The second-order valence-electron chi connectivity index (χ2n) is 6.73. The van der Waals surface area contributed by atoms with Gasteiger partial charge in [-0.1, -0.05) is 19.3 Å². The van der Waals surface area contributed by atoms with Crippen molar-refractivity contribution in [2.45, 2.75) is 64.1 Å². The Hall–Kier alpha value is 0.1000. The van der Waals surface area contributed by atoms with Gasteiger partial charge in [0, 0.05) is 30.1 Å². The van der Waals surface area contributed by atoms with Gasteiger partial charge in [0.05, 0.1) is 3.79 Å². The van der Waals surface area contributed by atoms with Crippen LogP contribution in [0.1, 0.15) is 50.3 Å². The lowest BCUT2D eigenvalue weighted by Crippen LogP contribution is -2.44. The van der Waals surface area contributed by atoms with Crippen molar-refractivity contribution < 1.29 is 0 Å². The van der Waals surface area contributed by atoms with E-state index in [0.717, 1.165) is 12.5 Å². The van der Waals surface area contributed by atoms with Crippen LogP contribution in [-0.2, 0) is 6.54 Å². The van der Waals surface area contributed by atoms with E-state index in [9.17, 15) is 0 Å². The quantitative estimate of drug-likeness (QED) is 0.833. The van der Waals surface area contributed by atoms with Crippen LogP contribution in [-0.4, -0.2) is 30.1 Å². The molecule has 1 aliphatic heterocycles. The maximum Gasteiger partial charge on any atom is 0.0701 e. The largest absolute Gasteiger partial charge is 0.312 e. The van der Waals surface area contributed by atoms with E-state index in [1.165, 1.54) is 60.3 Å². The van der Waals surface area contributed by atoms with Crippen molar-refractivity contribution in [2.75, 3.05) is 13.1 Å². The van der Waals surface area contributed by atoms with Gasteiger partial charge in [0.15, 0.2) is 0 Å². The highest BCUT2D eigenvalue weighted by molar-refractivity contribution is 9.11. The third kappa shape index (κ3) is 4.31. The van der Waals surface area contributed by atoms with E-state index < -0.39 is 0 Å². The van der Waals surface area contributed by atoms with E-state index >= 15 is 0 Å². The Balaban J connectivity index is 1.65. The molecule has 2 aliphatic rings. The molecule has 1 aliphatic carbocycles. The van der Waals surface area contributed by atoms with Crippen LogP contribution in [0.15, 0.2) is 15.9 Å². The topological polar surface area (TPSA) is 15.3 Å². The summed E-state index contributed by atoms with van der Waals surface area (Å²) >= 11 is 5.47. The molecule has 1 saturated heterocycles. The molecule has 0 radical (unpaired) electrons. The second kappa shape index (κ2) is 7.58. The zero-order valence-electron chi connectivity index (χ0n) is 13.0. The summed E-state index contributed by atoms with van der Waals surface area (Å²) in [4.78, 5) is 4.19. The van der Waals surface area contributed by atoms with Crippen molar-refractivity contribution in [3.05, 3.63) is 20.8 Å². The lowest BCUT2D eigenvalue weighted by molar-refractivity contribution is 0.166. The molecule has 21 heavy (non-hydrogen) atoms. The van der Waals surface area contributed by atoms with Crippen LogP contribution in [0.3, 0.4) is 0 Å². The number of nitrogens with zero attached hydrogens (tertiary/aromatic N) is 1. The minimum Gasteiger partial charge on any atom is -0.312 e. The fourth-order valence-corrected chi connectivity index (χ4v) is 5.38. The van der Waals surface area contributed by atoms with E-state index in [0.29, 0.717) is 12.1 Å². The van der Waals surface area contributed by atoms with Gasteiger partial charge in [0.1, 0.15) is 0 Å². The molecule has 1 N–H and O–H groups in total. The molecule has 118 valence electrons. The molecule has 2 heterocycles. The van der Waals surface area contributed by atoms with Crippen LogP contribution in [0.5, 0.6) is 0 Å². The smallest absolute Gasteiger partial charge is 0.0701 e. The molecular weight excluding hydrogens is 344 g/mol. The summed E-state index contributed by atoms with van der Waals surface area (Å²) in [6.45, 7) is 5.92. The highest BCUT2D eigenvalue weighted by atomic mass is 79.9. The first kappa shape index (κ1) is 16.0. The Morgan fingerprint density at radius 1 is 1.24 bits per heavy atom. The first-order valence-corrected chi connectivity index (χ1v) is 10.0. The Morgan fingerprint density at radius 2 is 2.05 bits per heavy atom. The number of halogens is 1. The summed E-state index contributed by atoms with van der Waals surface area (Å²) in [7, 11) is 0. The Bertz CT molecular complexity index is 442. The molecular formula is C17H27BrN2S. The van der Waals surface area contributed by atoms with Crippen LogP contribution in [0.2, 0.25) is 0 Å². The Labute approximate surface area is 141 Å². The van der Waals surface area contributed by atoms with Crippen LogP contribution < -0.4 is 5.32 Å². The normalized spacial score (nSPS) is 29.4. The van der Waals surface area contributed by atoms with Crippen molar-refractivity contribution in [2.24, 2.45) is 5.92 Å². The van der Waals surface area contributed by atoms with E-state index in [4.69, 9.17) is 0 Å². The van der Waals surface area contributed by atoms with Gasteiger partial charge in [-0.25, -0.2) is 0 Å². The van der Waals surface area contributed by atoms with E-state index in [2.05, 4.69) is 45.2 Å². The third-order valence-corrected chi connectivity index (χ3v) is 6.84. The molecule has 0 amide bonds. The molecule has 1 aromatic rings. The van der Waals surface area contributed by atoms with Gasteiger partial charge in [0.2, 0.25) is 0 Å². The zero-order chi connectivity index (χ0) is 14.7. The number of nitrogens with one attached hydrogen (secondary N) is 1. The monoisotopic (exact) mass is 370 g/mol. The molecule has 2 atom stereocenters. The summed E-state index contributed by atoms with van der Waals surface area (Å²) in [5.41, 5.74) is 0. The van der Waals surface area contributed by atoms with E-state index in [-0.39, 0.29) is 0 Å². The standard InChI is InChI=1S/C17H27BrN2S/c1-13-9-10-19-16(14-5-3-2-4-6-14)12-20(13)11-15-7-8-17(18)21-15/h7-8,13-14,16,19H,2-6,9-12H2,1H3. The number of thiophene rings is 1. The van der Waals surface area contributed by atoms with Crippen molar-refractivity contribution in [3.8, 4) is 0 Å². The lowest BCUT2D eigenvalue weighted by Gasteiger charge is -2.34. The summed E-state index contributed by atoms with van der Waals surface area (Å²) in [6, 6.07) is 5.85. The fourth-order valence-electron chi connectivity index (χ4n) is 3.87. The van der Waals surface area contributed by atoms with Crippen LogP contribution in [0.25, 0.3) is 0 Å². The summed E-state index contributed by atoms with van der Waals surface area (Å²) < 4.78 is 1.25. The predicted octanol–water partition coefficient (Wildman–Crippen LogP) is 4.64. The van der Waals surface area contributed by atoms with Gasteiger partial charge < -0.3 is 5.32 Å². The minimum atomic E-state index is 0.687. The first-order chi connectivity index (χ1) is 10.2. The van der Waals surface area contributed by atoms with Gasteiger partial charge in [-0.05, 0) is 66.7 Å². The molecule has 3 rings (SSSR count). The molecule has 2 fully saturated rings. The van der Waals surface area contributed by atoms with Gasteiger partial charge in [-0.2, -0.15) is 0 Å². The molecule has 1 aromatic heterocycles. The summed E-state index contributed by atoms with van der Waals surface area (Å²) in [5, 5.41) is 3.86. The number of hydrogen-bond acceptors (Lipinski definition) is 3. The van der Waals surface area contributed by atoms with Crippen LogP contribution in [0.4, 0.5) is 0 Å². The SMILES string of the molecule is CC1CCNC(C2CCCCC2)CN1Cc1ccc(Br)s1. The molecule has 4 heteroatoms. The molecule has 2 nitrogen and oxygen atoms in total. The fraction of sp³-hybridized carbons (Fsp3) is 0.765. The summed E-state index contributed by atoms with van der Waals surface area (Å²) in [6.07, 6.45) is 8.48. The maximum atomic E-state index is 3.86. The highest BCUT2D eigenvalue weighted by Gasteiger charge is 2.29. The Kier molecular flexibility index (Phi) is 5.77. The molecule has 2 unspecified atom stereocenters. The predicted molar refractivity (Wildman–Crippen MR) is 94.9 cm³/mol. The zero-order valence-corrected chi connectivity index (χ0v) is 15.4. The van der Waals surface area contributed by atoms with E-state index in [1.54, 1.807) is 0 Å². The molecule has 0 aromatic carbocycles. The number of hydrogen-bond donors (Lipinski definition) is 1. The maximum absolute atomic E-state index is 3.86. The molecule has 1 saturated carbocycles.